The van der Waals surface area contributed by atoms with Gasteiger partial charge in [0.1, 0.15) is 0 Å². The Kier molecular flexibility index (Phi) is 6.25. The lowest BCUT2D eigenvalue weighted by Gasteiger charge is -2.26. The van der Waals surface area contributed by atoms with Crippen LogP contribution in [0.3, 0.4) is 0 Å². The Morgan fingerprint density at radius 2 is 1.96 bits per heavy atom. The van der Waals surface area contributed by atoms with Crippen molar-refractivity contribution in [1.29, 1.82) is 0 Å². The van der Waals surface area contributed by atoms with E-state index in [4.69, 9.17) is 0 Å². The predicted molar refractivity (Wildman–Crippen MR) is 112 cm³/mol. The van der Waals surface area contributed by atoms with E-state index in [0.717, 1.165) is 21.4 Å². The SMILES string of the molecule is CC1=CC(C)C(CNC(=O)c2cc(Br)cc(NC3CCCC3)c2C)C(=O)N1. The summed E-state index contributed by atoms with van der Waals surface area (Å²) >= 11 is 3.53. The van der Waals surface area contributed by atoms with Gasteiger partial charge in [0.2, 0.25) is 5.91 Å². The molecule has 1 aliphatic heterocycles. The van der Waals surface area contributed by atoms with Crippen molar-refractivity contribution in [3.63, 3.8) is 0 Å². The fourth-order valence-electron chi connectivity index (χ4n) is 4.01. The molecule has 2 atom stereocenters. The summed E-state index contributed by atoms with van der Waals surface area (Å²) in [6, 6.07) is 4.36. The molecule has 1 saturated carbocycles. The maximum Gasteiger partial charge on any atom is 0.251 e. The third kappa shape index (κ3) is 4.72. The molecule has 1 aliphatic carbocycles. The van der Waals surface area contributed by atoms with Crippen LogP contribution >= 0.6 is 15.9 Å². The molecule has 27 heavy (non-hydrogen) atoms. The number of nitrogens with one attached hydrogen (secondary N) is 3. The summed E-state index contributed by atoms with van der Waals surface area (Å²) in [7, 11) is 0. The van der Waals surface area contributed by atoms with Crippen molar-refractivity contribution in [3.8, 4) is 0 Å². The van der Waals surface area contributed by atoms with Gasteiger partial charge >= 0.3 is 0 Å². The van der Waals surface area contributed by atoms with Gasteiger partial charge in [-0.05, 0) is 50.3 Å². The Bertz CT molecular complexity index is 769. The molecule has 1 heterocycles. The predicted octanol–water partition coefficient (Wildman–Crippen LogP) is 4.13. The monoisotopic (exact) mass is 433 g/mol. The van der Waals surface area contributed by atoms with Crippen molar-refractivity contribution in [2.75, 3.05) is 11.9 Å². The third-order valence-electron chi connectivity index (χ3n) is 5.62. The molecule has 2 unspecified atom stereocenters. The summed E-state index contributed by atoms with van der Waals surface area (Å²) in [4.78, 5) is 25.0. The quantitative estimate of drug-likeness (QED) is 0.653. The molecular formula is C21H28BrN3O2. The first-order valence-corrected chi connectivity index (χ1v) is 10.5. The zero-order valence-electron chi connectivity index (χ0n) is 16.2. The molecule has 5 nitrogen and oxygen atoms in total. The number of anilines is 1. The van der Waals surface area contributed by atoms with Gasteiger partial charge in [0.25, 0.3) is 5.91 Å². The lowest BCUT2D eigenvalue weighted by molar-refractivity contribution is -0.125. The number of carbonyl (C=O) groups is 2. The van der Waals surface area contributed by atoms with Gasteiger partial charge in [-0.2, -0.15) is 0 Å². The van der Waals surface area contributed by atoms with Crippen molar-refractivity contribution in [3.05, 3.63) is 39.5 Å². The number of hydrogen-bond donors (Lipinski definition) is 3. The minimum absolute atomic E-state index is 0.0302. The lowest BCUT2D eigenvalue weighted by atomic mass is 9.89. The van der Waals surface area contributed by atoms with Gasteiger partial charge in [-0.25, -0.2) is 0 Å². The maximum absolute atomic E-state index is 12.8. The molecule has 0 aromatic heterocycles. The molecule has 0 bridgehead atoms. The van der Waals surface area contributed by atoms with Crippen molar-refractivity contribution < 1.29 is 9.59 Å². The van der Waals surface area contributed by atoms with E-state index in [1.165, 1.54) is 25.7 Å². The van der Waals surface area contributed by atoms with Crippen molar-refractivity contribution >= 4 is 33.4 Å². The van der Waals surface area contributed by atoms with Crippen molar-refractivity contribution in [2.24, 2.45) is 11.8 Å². The highest BCUT2D eigenvalue weighted by atomic mass is 79.9. The first-order chi connectivity index (χ1) is 12.8. The van der Waals surface area contributed by atoms with Gasteiger partial charge < -0.3 is 16.0 Å². The van der Waals surface area contributed by atoms with E-state index in [1.807, 2.05) is 39.0 Å². The molecule has 2 aliphatic rings. The van der Waals surface area contributed by atoms with Crippen LogP contribution in [-0.2, 0) is 4.79 Å². The normalized spacial score (nSPS) is 23.0. The highest BCUT2D eigenvalue weighted by Gasteiger charge is 2.28. The summed E-state index contributed by atoms with van der Waals surface area (Å²) < 4.78 is 0.876. The number of halogens is 1. The van der Waals surface area contributed by atoms with Crippen molar-refractivity contribution in [1.82, 2.24) is 10.6 Å². The van der Waals surface area contributed by atoms with Gasteiger partial charge in [0.05, 0.1) is 5.92 Å². The summed E-state index contributed by atoms with van der Waals surface area (Å²) in [6.07, 6.45) is 6.90. The number of amides is 2. The number of rotatable bonds is 5. The second-order valence-corrected chi connectivity index (χ2v) is 8.68. The van der Waals surface area contributed by atoms with E-state index in [9.17, 15) is 9.59 Å². The molecule has 1 aromatic carbocycles. The van der Waals surface area contributed by atoms with Crippen LogP contribution in [0.25, 0.3) is 0 Å². The second kappa shape index (κ2) is 8.46. The summed E-state index contributed by atoms with van der Waals surface area (Å²) in [5, 5.41) is 9.39. The Morgan fingerprint density at radius 1 is 1.26 bits per heavy atom. The van der Waals surface area contributed by atoms with Crippen molar-refractivity contribution in [2.45, 2.75) is 52.5 Å². The highest BCUT2D eigenvalue weighted by molar-refractivity contribution is 9.10. The zero-order chi connectivity index (χ0) is 19.6. The fraction of sp³-hybridized carbons (Fsp3) is 0.524. The zero-order valence-corrected chi connectivity index (χ0v) is 17.8. The minimum Gasteiger partial charge on any atom is -0.382 e. The van der Waals surface area contributed by atoms with E-state index in [2.05, 4.69) is 31.9 Å². The average molecular weight is 434 g/mol. The van der Waals surface area contributed by atoms with Gasteiger partial charge in [0.15, 0.2) is 0 Å². The van der Waals surface area contributed by atoms with Crippen LogP contribution in [0.4, 0.5) is 5.69 Å². The van der Waals surface area contributed by atoms with E-state index in [0.29, 0.717) is 18.2 Å². The van der Waals surface area contributed by atoms with Crippen LogP contribution in [0.5, 0.6) is 0 Å². The first kappa shape index (κ1) is 19.9. The minimum atomic E-state index is -0.249. The lowest BCUT2D eigenvalue weighted by Crippen LogP contribution is -2.43. The Balaban J connectivity index is 1.70. The van der Waals surface area contributed by atoms with Gasteiger partial charge in [-0.15, -0.1) is 0 Å². The molecule has 3 rings (SSSR count). The van der Waals surface area contributed by atoms with Gasteiger partial charge in [-0.1, -0.05) is 41.8 Å². The molecule has 2 amide bonds. The summed E-state index contributed by atoms with van der Waals surface area (Å²) in [5.74, 6) is -0.324. The smallest absolute Gasteiger partial charge is 0.251 e. The van der Waals surface area contributed by atoms with E-state index >= 15 is 0 Å². The van der Waals surface area contributed by atoms with Gasteiger partial charge in [-0.3, -0.25) is 9.59 Å². The molecule has 6 heteroatoms. The number of allylic oxidation sites excluding steroid dienone is 2. The number of benzene rings is 1. The Labute approximate surface area is 169 Å². The molecule has 0 saturated heterocycles. The Morgan fingerprint density at radius 3 is 2.63 bits per heavy atom. The standard InChI is InChI=1S/C21H28BrN3O2/c1-12-8-13(2)24-21(27)18(12)11-23-20(26)17-9-15(22)10-19(14(17)3)25-16-6-4-5-7-16/h8-10,12,16,18,25H,4-7,11H2,1-3H3,(H,23,26)(H,24,27). The van der Waals surface area contributed by atoms with E-state index in [-0.39, 0.29) is 23.7 Å². The first-order valence-electron chi connectivity index (χ1n) is 9.69. The molecule has 1 fully saturated rings. The van der Waals surface area contributed by atoms with Crippen LogP contribution < -0.4 is 16.0 Å². The maximum atomic E-state index is 12.8. The molecule has 0 radical (unpaired) electrons. The second-order valence-electron chi connectivity index (χ2n) is 7.77. The van der Waals surface area contributed by atoms with Crippen LogP contribution in [0, 0.1) is 18.8 Å². The largest absolute Gasteiger partial charge is 0.382 e. The third-order valence-corrected chi connectivity index (χ3v) is 6.08. The van der Waals surface area contributed by atoms with Crippen LogP contribution in [0.15, 0.2) is 28.4 Å². The molecule has 3 N–H and O–H groups in total. The number of carbonyl (C=O) groups excluding carboxylic acids is 2. The highest BCUT2D eigenvalue weighted by Crippen LogP contribution is 2.29. The summed E-state index contributed by atoms with van der Waals surface area (Å²) in [5.41, 5.74) is 3.46. The van der Waals surface area contributed by atoms with Gasteiger partial charge in [0, 0.05) is 34.0 Å². The van der Waals surface area contributed by atoms with Crippen LogP contribution in [0.1, 0.15) is 55.5 Å². The van der Waals surface area contributed by atoms with E-state index in [1.54, 1.807) is 0 Å². The molecule has 146 valence electrons. The Hall–Kier alpha value is -1.82. The molecular weight excluding hydrogens is 406 g/mol. The fourth-order valence-corrected chi connectivity index (χ4v) is 4.47. The molecule has 1 aromatic rings. The van der Waals surface area contributed by atoms with E-state index < -0.39 is 0 Å². The van der Waals surface area contributed by atoms with Crippen LogP contribution in [0.2, 0.25) is 0 Å². The number of hydrogen-bond acceptors (Lipinski definition) is 3. The average Bonchev–Trinajstić information content (AvgIpc) is 3.09. The topological polar surface area (TPSA) is 70.2 Å². The molecule has 0 spiro atoms. The van der Waals surface area contributed by atoms with Crippen LogP contribution in [-0.4, -0.2) is 24.4 Å². The summed E-state index contributed by atoms with van der Waals surface area (Å²) in [6.45, 7) is 6.19.